The summed E-state index contributed by atoms with van der Waals surface area (Å²) in [5, 5.41) is 24.5. The van der Waals surface area contributed by atoms with Gasteiger partial charge in [-0.2, -0.15) is 0 Å². The molecule has 10 nitrogen and oxygen atoms in total. The number of Topliss-reactive ketones (excluding diaryl/α,β-unsaturated/α-hetero) is 1. The summed E-state index contributed by atoms with van der Waals surface area (Å²) >= 11 is 0. The second kappa shape index (κ2) is 12.6. The van der Waals surface area contributed by atoms with E-state index in [9.17, 15) is 24.6 Å². The molecule has 4 fully saturated rings. The minimum Gasteiger partial charge on any atom is -0.457 e. The monoisotopic (exact) mass is 628 g/mol. The molecule has 0 aromatic heterocycles. The summed E-state index contributed by atoms with van der Waals surface area (Å²) in [7, 11) is 0. The number of likely N-dealkylation sites (tertiary alicyclic amines) is 1. The number of carbonyl (C=O) groups is 3. The van der Waals surface area contributed by atoms with Gasteiger partial charge in [0.25, 0.3) is 0 Å². The highest BCUT2D eigenvalue weighted by Gasteiger charge is 2.82. The Labute approximate surface area is 262 Å². The largest absolute Gasteiger partial charge is 0.457 e. The lowest BCUT2D eigenvalue weighted by molar-refractivity contribution is -0.369. The van der Waals surface area contributed by atoms with E-state index in [0.717, 1.165) is 32.4 Å². The number of aliphatic hydroxyl groups excluding tert-OH is 1. The minimum atomic E-state index is -2.27. The van der Waals surface area contributed by atoms with Crippen LogP contribution in [0.5, 0.6) is 0 Å². The van der Waals surface area contributed by atoms with Gasteiger partial charge in [-0.25, -0.2) is 4.79 Å². The Balaban J connectivity index is 0.00000506. The zero-order valence-corrected chi connectivity index (χ0v) is 27.8. The van der Waals surface area contributed by atoms with Crippen LogP contribution >= 0.6 is 12.4 Å². The van der Waals surface area contributed by atoms with Crippen LogP contribution in [-0.4, -0.2) is 106 Å². The number of piperidine rings is 1. The molecule has 2 aliphatic heterocycles. The van der Waals surface area contributed by atoms with Gasteiger partial charge in [-0.1, -0.05) is 33.3 Å². The molecule has 1 amide bonds. The number of esters is 1. The standard InChI is InChI=1S/C32H52N2O8.ClH/c1-9-29(6)19-22(36)32(39)30(7)21(35)15-16-28(4,5)25(30)24(40-23(37)20-33-17-13-12-14-18-33)26(31(32,8)42-29)41-27(38)34(10-2)11-3;/h9,21,24-26,35,39H,1,10-20H2,2-8H3;1H/t21-,24-,25-,26-,29-,30-,31+,32-;/m0./s1. The van der Waals surface area contributed by atoms with Crippen LogP contribution < -0.4 is 0 Å². The first-order valence-electron chi connectivity index (χ1n) is 15.7. The Bertz CT molecular complexity index is 1080. The van der Waals surface area contributed by atoms with Gasteiger partial charge in [0.05, 0.1) is 18.2 Å². The lowest BCUT2D eigenvalue weighted by atomic mass is 9.39. The third-order valence-corrected chi connectivity index (χ3v) is 11.0. The van der Waals surface area contributed by atoms with E-state index in [0.29, 0.717) is 25.9 Å². The number of aliphatic hydroxyl groups is 2. The number of fused-ring (bicyclic) bond motifs is 3. The summed E-state index contributed by atoms with van der Waals surface area (Å²) < 4.78 is 19.2. The van der Waals surface area contributed by atoms with E-state index in [1.807, 2.05) is 27.7 Å². The summed E-state index contributed by atoms with van der Waals surface area (Å²) in [5.41, 5.74) is -7.45. The molecule has 0 radical (unpaired) electrons. The summed E-state index contributed by atoms with van der Waals surface area (Å²) in [6.45, 7) is 18.9. The number of ketones is 1. The Morgan fingerprint density at radius 1 is 1.09 bits per heavy atom. The van der Waals surface area contributed by atoms with E-state index in [4.69, 9.17) is 14.2 Å². The first-order valence-corrected chi connectivity index (χ1v) is 15.7. The molecule has 2 aliphatic carbocycles. The van der Waals surface area contributed by atoms with Crippen molar-refractivity contribution < 1.29 is 38.8 Å². The van der Waals surface area contributed by atoms with Crippen molar-refractivity contribution in [3.8, 4) is 0 Å². The van der Waals surface area contributed by atoms with Gasteiger partial charge in [0.2, 0.25) is 0 Å². The molecule has 4 aliphatic rings. The van der Waals surface area contributed by atoms with Gasteiger partial charge in [0.15, 0.2) is 17.5 Å². The van der Waals surface area contributed by atoms with E-state index in [2.05, 4.69) is 11.5 Å². The van der Waals surface area contributed by atoms with Crippen molar-refractivity contribution in [2.75, 3.05) is 32.7 Å². The van der Waals surface area contributed by atoms with Crippen molar-refractivity contribution in [3.63, 3.8) is 0 Å². The van der Waals surface area contributed by atoms with E-state index in [1.165, 1.54) is 11.0 Å². The van der Waals surface area contributed by atoms with E-state index in [-0.39, 0.29) is 25.4 Å². The molecule has 0 spiro atoms. The molecule has 2 heterocycles. The first kappa shape index (κ1) is 35.8. The molecule has 2 saturated heterocycles. The van der Waals surface area contributed by atoms with Crippen LogP contribution in [0.4, 0.5) is 4.79 Å². The van der Waals surface area contributed by atoms with Crippen LogP contribution in [0.2, 0.25) is 0 Å². The average molecular weight is 629 g/mol. The van der Waals surface area contributed by atoms with Gasteiger partial charge in [-0.15, -0.1) is 19.0 Å². The third-order valence-electron chi connectivity index (χ3n) is 11.0. The number of amides is 1. The number of halogens is 1. The van der Waals surface area contributed by atoms with Crippen molar-refractivity contribution in [2.24, 2.45) is 16.7 Å². The predicted octanol–water partition coefficient (Wildman–Crippen LogP) is 3.89. The average Bonchev–Trinajstić information content (AvgIpc) is 2.92. The zero-order chi connectivity index (χ0) is 31.3. The predicted molar refractivity (Wildman–Crippen MR) is 164 cm³/mol. The van der Waals surface area contributed by atoms with Crippen molar-refractivity contribution in [3.05, 3.63) is 12.7 Å². The number of carbonyl (C=O) groups excluding carboxylic acids is 3. The van der Waals surface area contributed by atoms with Gasteiger partial charge in [0.1, 0.15) is 11.7 Å². The summed E-state index contributed by atoms with van der Waals surface area (Å²) in [6.07, 6.45) is 1.11. The molecule has 43 heavy (non-hydrogen) atoms. The Kier molecular flexibility index (Phi) is 10.5. The van der Waals surface area contributed by atoms with Crippen LogP contribution in [0.25, 0.3) is 0 Å². The van der Waals surface area contributed by atoms with E-state index >= 15 is 0 Å². The normalized spacial score (nSPS) is 40.7. The molecular weight excluding hydrogens is 576 g/mol. The van der Waals surface area contributed by atoms with Gasteiger partial charge < -0.3 is 29.3 Å². The lowest BCUT2D eigenvalue weighted by Gasteiger charge is -2.71. The SMILES string of the molecule is C=C[C@@]1(C)CC(=O)[C@]2(O)[C@@]3(C)[C@@H](O)CCC(C)(C)[C@@H]3[C@H](OC(=O)CN3CCCCC3)[C@H](OC(=O)N(CC)CC)[C@@]2(C)O1.Cl. The Morgan fingerprint density at radius 3 is 2.26 bits per heavy atom. The maximum absolute atomic E-state index is 14.3. The van der Waals surface area contributed by atoms with Crippen LogP contribution in [-0.2, 0) is 23.8 Å². The lowest BCUT2D eigenvalue weighted by Crippen LogP contribution is -2.87. The van der Waals surface area contributed by atoms with Gasteiger partial charge in [-0.3, -0.25) is 14.5 Å². The number of hydrogen-bond acceptors (Lipinski definition) is 9. The van der Waals surface area contributed by atoms with Crippen LogP contribution in [0.1, 0.15) is 87.0 Å². The topological polar surface area (TPSA) is 126 Å². The Hall–Kier alpha value is -1.72. The van der Waals surface area contributed by atoms with Gasteiger partial charge in [-0.05, 0) is 71.9 Å². The molecule has 0 bridgehead atoms. The molecular formula is C32H53ClN2O8. The smallest absolute Gasteiger partial charge is 0.410 e. The highest BCUT2D eigenvalue weighted by molar-refractivity contribution is 5.92. The minimum absolute atomic E-state index is 0. The van der Waals surface area contributed by atoms with Crippen LogP contribution in [0, 0.1) is 16.7 Å². The molecule has 4 rings (SSSR count). The van der Waals surface area contributed by atoms with Crippen molar-refractivity contribution in [1.29, 1.82) is 0 Å². The maximum atomic E-state index is 14.3. The second-order valence-corrected chi connectivity index (χ2v) is 14.1. The number of nitrogens with zero attached hydrogens (tertiary/aromatic N) is 2. The quantitative estimate of drug-likeness (QED) is 0.319. The third kappa shape index (κ3) is 5.64. The molecule has 0 aromatic carbocycles. The van der Waals surface area contributed by atoms with Crippen molar-refractivity contribution in [1.82, 2.24) is 9.80 Å². The number of hydrogen-bond donors (Lipinski definition) is 2. The second-order valence-electron chi connectivity index (χ2n) is 14.1. The summed E-state index contributed by atoms with van der Waals surface area (Å²) in [4.78, 5) is 45.0. The van der Waals surface area contributed by atoms with Crippen molar-refractivity contribution >= 4 is 30.3 Å². The molecule has 8 atom stereocenters. The maximum Gasteiger partial charge on any atom is 0.410 e. The summed E-state index contributed by atoms with van der Waals surface area (Å²) in [6, 6.07) is 0. The highest BCUT2D eigenvalue weighted by Crippen LogP contribution is 2.67. The van der Waals surface area contributed by atoms with Crippen LogP contribution in [0.3, 0.4) is 0 Å². The molecule has 2 saturated carbocycles. The molecule has 11 heteroatoms. The zero-order valence-electron chi connectivity index (χ0n) is 27.0. The number of rotatable bonds is 7. The fraction of sp³-hybridized carbons (Fsp3) is 0.844. The van der Waals surface area contributed by atoms with Crippen molar-refractivity contribution in [2.45, 2.75) is 122 Å². The van der Waals surface area contributed by atoms with Gasteiger partial charge in [0, 0.05) is 30.8 Å². The first-order chi connectivity index (χ1) is 19.5. The number of ether oxygens (including phenoxy) is 3. The molecule has 0 unspecified atom stereocenters. The van der Waals surface area contributed by atoms with Crippen LogP contribution in [0.15, 0.2) is 12.7 Å². The van der Waals surface area contributed by atoms with E-state index < -0.39 is 69.7 Å². The van der Waals surface area contributed by atoms with E-state index in [1.54, 1.807) is 20.8 Å². The molecule has 2 N–H and O–H groups in total. The van der Waals surface area contributed by atoms with Gasteiger partial charge >= 0.3 is 12.1 Å². The molecule has 246 valence electrons. The fourth-order valence-electron chi connectivity index (χ4n) is 8.72. The fourth-order valence-corrected chi connectivity index (χ4v) is 8.72. The molecule has 0 aromatic rings. The highest BCUT2D eigenvalue weighted by atomic mass is 35.5. The summed E-state index contributed by atoms with van der Waals surface area (Å²) in [5.74, 6) is -1.75. The Morgan fingerprint density at radius 2 is 1.70 bits per heavy atom.